The molecule has 4 saturated carbocycles. The fourth-order valence-corrected chi connectivity index (χ4v) is 5.61. The topological polar surface area (TPSA) is 42.0 Å². The van der Waals surface area contributed by atoms with Crippen molar-refractivity contribution in [2.45, 2.75) is 44.9 Å². The highest BCUT2D eigenvalue weighted by molar-refractivity contribution is 6.29. The largest absolute Gasteiger partial charge is 0.325 e. The van der Waals surface area contributed by atoms with E-state index in [1.165, 1.54) is 38.5 Å². The van der Waals surface area contributed by atoms with Gasteiger partial charge < -0.3 is 5.32 Å². The molecule has 112 valence electrons. The van der Waals surface area contributed by atoms with Crippen LogP contribution in [0, 0.1) is 23.2 Å². The molecule has 1 amide bonds. The second kappa shape index (κ2) is 4.98. The summed E-state index contributed by atoms with van der Waals surface area (Å²) in [7, 11) is 0. The summed E-state index contributed by atoms with van der Waals surface area (Å²) >= 11 is 5.77. The first-order chi connectivity index (χ1) is 10.1. The van der Waals surface area contributed by atoms with Crippen molar-refractivity contribution in [3.05, 3.63) is 23.5 Å². The highest BCUT2D eigenvalue weighted by Crippen LogP contribution is 2.61. The number of hydrogen-bond acceptors (Lipinski definition) is 2. The van der Waals surface area contributed by atoms with Gasteiger partial charge in [0.15, 0.2) is 0 Å². The maximum absolute atomic E-state index is 12.4. The van der Waals surface area contributed by atoms with Crippen molar-refractivity contribution in [3.63, 3.8) is 0 Å². The van der Waals surface area contributed by atoms with Crippen molar-refractivity contribution in [1.82, 2.24) is 4.98 Å². The Balaban J connectivity index is 1.43. The SMILES string of the molecule is O=C(CC12CC3CC(CC(C3)C1)C2)Nc1ccc(Cl)nc1. The number of nitrogens with zero attached hydrogens (tertiary/aromatic N) is 1. The molecule has 4 aliphatic carbocycles. The number of aromatic nitrogens is 1. The Morgan fingerprint density at radius 1 is 1.19 bits per heavy atom. The quantitative estimate of drug-likeness (QED) is 0.847. The lowest BCUT2D eigenvalue weighted by atomic mass is 9.49. The van der Waals surface area contributed by atoms with Gasteiger partial charge in [0.25, 0.3) is 0 Å². The molecule has 0 atom stereocenters. The fraction of sp³-hybridized carbons (Fsp3) is 0.647. The minimum absolute atomic E-state index is 0.140. The molecule has 0 aliphatic heterocycles. The Kier molecular flexibility index (Phi) is 3.21. The summed E-state index contributed by atoms with van der Waals surface area (Å²) in [5.41, 5.74) is 1.03. The van der Waals surface area contributed by atoms with Crippen LogP contribution in [0.1, 0.15) is 44.9 Å². The maximum atomic E-state index is 12.4. The van der Waals surface area contributed by atoms with E-state index in [2.05, 4.69) is 10.3 Å². The molecule has 4 heteroatoms. The van der Waals surface area contributed by atoms with Gasteiger partial charge in [-0.3, -0.25) is 4.79 Å². The van der Waals surface area contributed by atoms with Crippen molar-refractivity contribution < 1.29 is 4.79 Å². The van der Waals surface area contributed by atoms with Gasteiger partial charge in [-0.25, -0.2) is 4.98 Å². The molecule has 0 aromatic carbocycles. The molecular weight excluding hydrogens is 284 g/mol. The molecular formula is C17H21ClN2O. The molecule has 4 bridgehead atoms. The molecule has 3 nitrogen and oxygen atoms in total. The highest BCUT2D eigenvalue weighted by atomic mass is 35.5. The number of rotatable bonds is 3. The number of amides is 1. The van der Waals surface area contributed by atoms with E-state index >= 15 is 0 Å². The summed E-state index contributed by atoms with van der Waals surface area (Å²) in [5.74, 6) is 2.81. The third-order valence-corrected chi connectivity index (χ3v) is 5.94. The number of nitrogens with one attached hydrogen (secondary N) is 1. The van der Waals surface area contributed by atoms with Crippen LogP contribution in [0.3, 0.4) is 0 Å². The van der Waals surface area contributed by atoms with Crippen LogP contribution in [0.4, 0.5) is 5.69 Å². The lowest BCUT2D eigenvalue weighted by Gasteiger charge is -2.56. The lowest BCUT2D eigenvalue weighted by Crippen LogP contribution is -2.47. The van der Waals surface area contributed by atoms with Crippen molar-refractivity contribution in [3.8, 4) is 0 Å². The third kappa shape index (κ3) is 2.68. The number of halogens is 1. The minimum Gasteiger partial charge on any atom is -0.325 e. The van der Waals surface area contributed by atoms with Crippen LogP contribution in [0.15, 0.2) is 18.3 Å². The van der Waals surface area contributed by atoms with E-state index in [0.717, 1.165) is 23.4 Å². The molecule has 5 rings (SSSR count). The Morgan fingerprint density at radius 2 is 1.81 bits per heavy atom. The first kappa shape index (κ1) is 13.6. The smallest absolute Gasteiger partial charge is 0.224 e. The Hall–Kier alpha value is -1.09. The highest BCUT2D eigenvalue weighted by Gasteiger charge is 2.51. The number of carbonyl (C=O) groups excluding carboxylic acids is 1. The molecule has 1 heterocycles. The van der Waals surface area contributed by atoms with Crippen LogP contribution in [0.2, 0.25) is 5.15 Å². The Labute approximate surface area is 130 Å². The maximum Gasteiger partial charge on any atom is 0.224 e. The van der Waals surface area contributed by atoms with E-state index in [0.29, 0.717) is 17.0 Å². The molecule has 4 aliphatic rings. The summed E-state index contributed by atoms with van der Waals surface area (Å²) in [6, 6.07) is 3.52. The van der Waals surface area contributed by atoms with E-state index in [4.69, 9.17) is 11.6 Å². The summed E-state index contributed by atoms with van der Waals surface area (Å²) in [6.07, 6.45) is 10.4. The molecule has 21 heavy (non-hydrogen) atoms. The number of carbonyl (C=O) groups is 1. The van der Waals surface area contributed by atoms with Crippen molar-refractivity contribution >= 4 is 23.2 Å². The zero-order chi connectivity index (χ0) is 14.4. The molecule has 0 saturated heterocycles. The van der Waals surface area contributed by atoms with Gasteiger partial charge >= 0.3 is 0 Å². The van der Waals surface area contributed by atoms with E-state index in [-0.39, 0.29) is 5.91 Å². The molecule has 0 spiro atoms. The number of anilines is 1. The molecule has 1 N–H and O–H groups in total. The van der Waals surface area contributed by atoms with Gasteiger partial charge in [0, 0.05) is 6.42 Å². The summed E-state index contributed by atoms with van der Waals surface area (Å²) in [4.78, 5) is 16.4. The van der Waals surface area contributed by atoms with Gasteiger partial charge in [-0.05, 0) is 73.8 Å². The summed E-state index contributed by atoms with van der Waals surface area (Å²) in [6.45, 7) is 0. The van der Waals surface area contributed by atoms with Gasteiger partial charge in [-0.15, -0.1) is 0 Å². The standard InChI is InChI=1S/C17H21ClN2O/c18-15-2-1-14(10-19-15)20-16(21)9-17-6-11-3-12(7-17)5-13(4-11)8-17/h1-2,10-13H,3-9H2,(H,20,21). The molecule has 1 aromatic heterocycles. The number of pyridine rings is 1. The van der Waals surface area contributed by atoms with E-state index in [1.54, 1.807) is 12.3 Å². The third-order valence-electron chi connectivity index (χ3n) is 5.71. The monoisotopic (exact) mass is 304 g/mol. The van der Waals surface area contributed by atoms with E-state index < -0.39 is 0 Å². The molecule has 0 radical (unpaired) electrons. The predicted octanol–water partition coefficient (Wildman–Crippen LogP) is 4.28. The van der Waals surface area contributed by atoms with Gasteiger partial charge in [-0.2, -0.15) is 0 Å². The summed E-state index contributed by atoms with van der Waals surface area (Å²) < 4.78 is 0. The van der Waals surface area contributed by atoms with Crippen LogP contribution in [-0.4, -0.2) is 10.9 Å². The average Bonchev–Trinajstić information content (AvgIpc) is 2.39. The average molecular weight is 305 g/mol. The zero-order valence-electron chi connectivity index (χ0n) is 12.1. The first-order valence-corrected chi connectivity index (χ1v) is 8.39. The van der Waals surface area contributed by atoms with Gasteiger partial charge in [0.05, 0.1) is 11.9 Å². The van der Waals surface area contributed by atoms with Crippen molar-refractivity contribution in [2.24, 2.45) is 23.2 Å². The van der Waals surface area contributed by atoms with Crippen LogP contribution in [-0.2, 0) is 4.79 Å². The minimum atomic E-state index is 0.140. The summed E-state index contributed by atoms with van der Waals surface area (Å²) in [5, 5.41) is 3.44. The zero-order valence-corrected chi connectivity index (χ0v) is 12.9. The molecule has 0 unspecified atom stereocenters. The molecule has 4 fully saturated rings. The Bertz CT molecular complexity index is 519. The van der Waals surface area contributed by atoms with Crippen molar-refractivity contribution in [2.75, 3.05) is 5.32 Å². The normalized spacial score (nSPS) is 36.7. The van der Waals surface area contributed by atoms with Gasteiger partial charge in [0.2, 0.25) is 5.91 Å². The lowest BCUT2D eigenvalue weighted by molar-refractivity contribution is -0.124. The second-order valence-corrected chi connectivity index (χ2v) is 7.90. The second-order valence-electron chi connectivity index (χ2n) is 7.51. The number of hydrogen-bond donors (Lipinski definition) is 1. The van der Waals surface area contributed by atoms with E-state index in [1.807, 2.05) is 6.07 Å². The first-order valence-electron chi connectivity index (χ1n) is 8.02. The van der Waals surface area contributed by atoms with Gasteiger partial charge in [-0.1, -0.05) is 11.6 Å². The van der Waals surface area contributed by atoms with Crippen LogP contribution in [0.5, 0.6) is 0 Å². The van der Waals surface area contributed by atoms with Crippen LogP contribution < -0.4 is 5.32 Å². The Morgan fingerprint density at radius 3 is 2.33 bits per heavy atom. The van der Waals surface area contributed by atoms with Crippen LogP contribution in [0.25, 0.3) is 0 Å². The van der Waals surface area contributed by atoms with Crippen molar-refractivity contribution in [1.29, 1.82) is 0 Å². The fourth-order valence-electron chi connectivity index (χ4n) is 5.50. The predicted molar refractivity (Wildman–Crippen MR) is 83.1 cm³/mol. The van der Waals surface area contributed by atoms with Gasteiger partial charge in [0.1, 0.15) is 5.15 Å². The molecule has 1 aromatic rings. The van der Waals surface area contributed by atoms with Crippen LogP contribution >= 0.6 is 11.6 Å². The van der Waals surface area contributed by atoms with E-state index in [9.17, 15) is 4.79 Å².